The summed E-state index contributed by atoms with van der Waals surface area (Å²) < 4.78 is 0. The molecule has 0 aliphatic heterocycles. The lowest BCUT2D eigenvalue weighted by Crippen LogP contribution is -2.20. The summed E-state index contributed by atoms with van der Waals surface area (Å²) in [6, 6.07) is 4.35. The molecule has 0 saturated heterocycles. The fourth-order valence-corrected chi connectivity index (χ4v) is 3.15. The van der Waals surface area contributed by atoms with Gasteiger partial charge in [-0.15, -0.1) is 16.4 Å². The Morgan fingerprint density at radius 3 is 2.75 bits per heavy atom. The Bertz CT molecular complexity index is 608. The normalized spacial score (nSPS) is 12.2. The third-order valence-corrected chi connectivity index (χ3v) is 4.50. The number of nitrogens with one attached hydrogen (secondary N) is 1. The van der Waals surface area contributed by atoms with Gasteiger partial charge in [0.2, 0.25) is 0 Å². The van der Waals surface area contributed by atoms with Gasteiger partial charge in [0.25, 0.3) is 0 Å². The highest BCUT2D eigenvalue weighted by Crippen LogP contribution is 2.28. The van der Waals surface area contributed by atoms with Gasteiger partial charge in [-0.1, -0.05) is 25.2 Å². The monoisotopic (exact) mass is 306 g/mol. The van der Waals surface area contributed by atoms with Crippen molar-refractivity contribution < 1.29 is 0 Å². The summed E-state index contributed by atoms with van der Waals surface area (Å²) in [6.07, 6.45) is 0.950. The van der Waals surface area contributed by atoms with Gasteiger partial charge in [-0.05, 0) is 37.3 Å². The molecule has 0 saturated carbocycles. The molecule has 2 heterocycles. The summed E-state index contributed by atoms with van der Waals surface area (Å²) >= 11 is 6.88. The molecule has 4 nitrogen and oxygen atoms in total. The second-order valence-corrected chi connectivity index (χ2v) is 6.04. The molecule has 0 radical (unpaired) electrons. The lowest BCUT2D eigenvalue weighted by Gasteiger charge is -2.19. The fraction of sp³-hybridized carbons (Fsp3) is 0.357. The van der Waals surface area contributed by atoms with Crippen molar-refractivity contribution in [2.24, 2.45) is 5.73 Å². The number of nitrogens with zero attached hydrogens (tertiary/aromatic N) is 2. The van der Waals surface area contributed by atoms with E-state index in [1.165, 1.54) is 4.88 Å². The maximum Gasteiger partial charge on any atom is 0.159 e. The van der Waals surface area contributed by atoms with Crippen LogP contribution in [0.5, 0.6) is 0 Å². The van der Waals surface area contributed by atoms with E-state index >= 15 is 0 Å². The first-order valence-corrected chi connectivity index (χ1v) is 7.77. The summed E-state index contributed by atoms with van der Waals surface area (Å²) in [6.45, 7) is 6.01. The van der Waals surface area contributed by atoms with Crippen LogP contribution in [0.15, 0.2) is 17.5 Å². The van der Waals surface area contributed by atoms with Crippen LogP contribution in [0.1, 0.15) is 41.1 Å². The third kappa shape index (κ3) is 2.96. The summed E-state index contributed by atoms with van der Waals surface area (Å²) in [5.74, 6) is 0.667. The maximum absolute atomic E-state index is 5.85. The first kappa shape index (κ1) is 14.9. The Labute approximate surface area is 128 Å². The van der Waals surface area contributed by atoms with Gasteiger partial charge < -0.3 is 11.1 Å². The lowest BCUT2D eigenvalue weighted by atomic mass is 10.1. The van der Waals surface area contributed by atoms with Crippen LogP contribution in [-0.4, -0.2) is 15.2 Å². The van der Waals surface area contributed by atoms with Gasteiger partial charge in [0, 0.05) is 4.88 Å². The molecule has 0 fully saturated rings. The van der Waals surface area contributed by atoms with Gasteiger partial charge in [-0.3, -0.25) is 0 Å². The Morgan fingerprint density at radius 2 is 2.20 bits per heavy atom. The fourth-order valence-electron chi connectivity index (χ4n) is 2.04. The molecule has 106 valence electrons. The second kappa shape index (κ2) is 6.28. The van der Waals surface area contributed by atoms with Gasteiger partial charge in [0.15, 0.2) is 5.82 Å². The number of thiocarbonyl (C=S) groups is 1. The van der Waals surface area contributed by atoms with Crippen LogP contribution in [0.2, 0.25) is 0 Å². The van der Waals surface area contributed by atoms with Crippen LogP contribution in [0.25, 0.3) is 0 Å². The molecule has 0 aliphatic carbocycles. The minimum atomic E-state index is 0.194. The largest absolute Gasteiger partial charge is 0.389 e. The van der Waals surface area contributed by atoms with E-state index in [1.54, 1.807) is 11.3 Å². The van der Waals surface area contributed by atoms with Crippen molar-refractivity contribution in [2.45, 2.75) is 33.2 Å². The van der Waals surface area contributed by atoms with Crippen LogP contribution in [0, 0.1) is 13.8 Å². The average molecular weight is 306 g/mol. The first-order chi connectivity index (χ1) is 9.54. The molecule has 0 spiro atoms. The van der Waals surface area contributed by atoms with E-state index in [4.69, 9.17) is 18.0 Å². The number of aromatic nitrogens is 2. The number of rotatable bonds is 5. The van der Waals surface area contributed by atoms with E-state index in [-0.39, 0.29) is 6.04 Å². The minimum absolute atomic E-state index is 0.194. The van der Waals surface area contributed by atoms with Crippen LogP contribution in [-0.2, 0) is 0 Å². The summed E-state index contributed by atoms with van der Waals surface area (Å²) in [5, 5.41) is 13.9. The van der Waals surface area contributed by atoms with E-state index in [0.717, 1.165) is 23.2 Å². The highest BCUT2D eigenvalue weighted by molar-refractivity contribution is 7.80. The SMILES string of the molecule is CCC(Nc1nnc(C)c(C)c1C(N)=S)c1cccs1. The third-order valence-electron chi connectivity index (χ3n) is 3.31. The van der Waals surface area contributed by atoms with Crippen molar-refractivity contribution >= 4 is 34.4 Å². The maximum atomic E-state index is 5.85. The second-order valence-electron chi connectivity index (χ2n) is 4.62. The Kier molecular flexibility index (Phi) is 4.67. The van der Waals surface area contributed by atoms with E-state index in [9.17, 15) is 0 Å². The highest BCUT2D eigenvalue weighted by Gasteiger charge is 2.17. The van der Waals surface area contributed by atoms with Crippen molar-refractivity contribution in [3.63, 3.8) is 0 Å². The summed E-state index contributed by atoms with van der Waals surface area (Å²) in [7, 11) is 0. The predicted molar refractivity (Wildman–Crippen MR) is 88.4 cm³/mol. The zero-order chi connectivity index (χ0) is 14.7. The van der Waals surface area contributed by atoms with Crippen molar-refractivity contribution in [1.29, 1.82) is 0 Å². The quantitative estimate of drug-likeness (QED) is 0.829. The number of aryl methyl sites for hydroxylation is 1. The van der Waals surface area contributed by atoms with E-state index in [2.05, 4.69) is 33.9 Å². The number of nitrogens with two attached hydrogens (primary N) is 1. The van der Waals surface area contributed by atoms with Crippen LogP contribution in [0.4, 0.5) is 5.82 Å². The first-order valence-electron chi connectivity index (χ1n) is 6.48. The lowest BCUT2D eigenvalue weighted by molar-refractivity contribution is 0.751. The van der Waals surface area contributed by atoms with Crippen LogP contribution in [0.3, 0.4) is 0 Å². The van der Waals surface area contributed by atoms with Gasteiger partial charge in [0.1, 0.15) is 4.99 Å². The smallest absolute Gasteiger partial charge is 0.159 e. The van der Waals surface area contributed by atoms with Crippen molar-refractivity contribution in [2.75, 3.05) is 5.32 Å². The molecule has 20 heavy (non-hydrogen) atoms. The number of hydrogen-bond donors (Lipinski definition) is 2. The molecule has 6 heteroatoms. The van der Waals surface area contributed by atoms with Gasteiger partial charge >= 0.3 is 0 Å². The highest BCUT2D eigenvalue weighted by atomic mass is 32.1. The standard InChI is InChI=1S/C14H18N4S2/c1-4-10(11-6-5-7-20-11)16-14-12(13(15)19)8(2)9(3)17-18-14/h5-7,10H,4H2,1-3H3,(H2,15,19)(H,16,18). The Morgan fingerprint density at radius 1 is 1.45 bits per heavy atom. The van der Waals surface area contributed by atoms with Crippen LogP contribution >= 0.6 is 23.6 Å². The molecule has 2 aromatic heterocycles. The summed E-state index contributed by atoms with van der Waals surface area (Å²) in [4.78, 5) is 1.62. The number of anilines is 1. The Balaban J connectivity index is 2.38. The molecule has 1 unspecified atom stereocenters. The topological polar surface area (TPSA) is 63.8 Å². The van der Waals surface area contributed by atoms with Gasteiger partial charge in [-0.25, -0.2) is 0 Å². The van der Waals surface area contributed by atoms with Crippen molar-refractivity contribution in [3.05, 3.63) is 39.2 Å². The number of thiophene rings is 1. The van der Waals surface area contributed by atoms with E-state index in [0.29, 0.717) is 10.8 Å². The zero-order valence-corrected chi connectivity index (χ0v) is 13.4. The molecule has 3 N–H and O–H groups in total. The minimum Gasteiger partial charge on any atom is -0.389 e. The molecule has 0 amide bonds. The molecular weight excluding hydrogens is 288 g/mol. The molecule has 2 rings (SSSR count). The molecule has 0 aliphatic rings. The average Bonchev–Trinajstić information content (AvgIpc) is 2.93. The molecule has 0 aromatic carbocycles. The molecule has 2 aromatic rings. The van der Waals surface area contributed by atoms with E-state index < -0.39 is 0 Å². The molecule has 0 bridgehead atoms. The van der Waals surface area contributed by atoms with Gasteiger partial charge in [-0.2, -0.15) is 5.10 Å². The molecular formula is C14H18N4S2. The Hall–Kier alpha value is -1.53. The van der Waals surface area contributed by atoms with Crippen molar-refractivity contribution in [3.8, 4) is 0 Å². The van der Waals surface area contributed by atoms with Gasteiger partial charge in [0.05, 0.1) is 17.3 Å². The number of hydrogen-bond acceptors (Lipinski definition) is 5. The predicted octanol–water partition coefficient (Wildman–Crippen LogP) is 3.35. The van der Waals surface area contributed by atoms with E-state index in [1.807, 2.05) is 19.9 Å². The van der Waals surface area contributed by atoms with Crippen molar-refractivity contribution in [1.82, 2.24) is 10.2 Å². The van der Waals surface area contributed by atoms with Crippen LogP contribution < -0.4 is 11.1 Å². The summed E-state index contributed by atoms with van der Waals surface area (Å²) in [5.41, 5.74) is 8.47. The zero-order valence-electron chi connectivity index (χ0n) is 11.8. The molecule has 1 atom stereocenters.